The third-order valence-corrected chi connectivity index (χ3v) is 1.68. The zero-order chi connectivity index (χ0) is 8.97. The van der Waals surface area contributed by atoms with E-state index in [9.17, 15) is 4.39 Å². The molecule has 0 bridgehead atoms. The van der Waals surface area contributed by atoms with Gasteiger partial charge < -0.3 is 0 Å². The lowest BCUT2D eigenvalue weighted by atomic mass is 10.1. The smallest absolute Gasteiger partial charge is 0.123 e. The van der Waals surface area contributed by atoms with E-state index >= 15 is 0 Å². The predicted octanol–water partition coefficient (Wildman–Crippen LogP) is 1.78. The van der Waals surface area contributed by atoms with Gasteiger partial charge in [-0.25, -0.2) is 10.3 Å². The van der Waals surface area contributed by atoms with E-state index in [-0.39, 0.29) is 12.4 Å². The van der Waals surface area contributed by atoms with E-state index in [1.807, 2.05) is 13.0 Å². The Morgan fingerprint density at radius 1 is 1.33 bits per heavy atom. The lowest BCUT2D eigenvalue weighted by molar-refractivity contribution is 0.124. The highest BCUT2D eigenvalue weighted by atomic mass is 19.1. The molecule has 1 aromatic carbocycles. The standard InChI is InChI=1S/C9H12FNO/c1-2-7-3-8(6-12-11)5-9(10)4-7/h3-5H,2,6,11H2,1H3. The molecule has 66 valence electrons. The van der Waals surface area contributed by atoms with Crippen molar-refractivity contribution in [3.63, 3.8) is 0 Å². The fraction of sp³-hybridized carbons (Fsp3) is 0.333. The van der Waals surface area contributed by atoms with Gasteiger partial charge in [-0.15, -0.1) is 0 Å². The van der Waals surface area contributed by atoms with Gasteiger partial charge in [0.15, 0.2) is 0 Å². The number of hydrogen-bond acceptors (Lipinski definition) is 2. The lowest BCUT2D eigenvalue weighted by Crippen LogP contribution is -2.00. The van der Waals surface area contributed by atoms with E-state index in [0.29, 0.717) is 0 Å². The first-order valence-electron chi connectivity index (χ1n) is 3.86. The van der Waals surface area contributed by atoms with Crippen LogP contribution < -0.4 is 5.90 Å². The van der Waals surface area contributed by atoms with Crippen molar-refractivity contribution < 1.29 is 9.23 Å². The van der Waals surface area contributed by atoms with Crippen LogP contribution in [0, 0.1) is 5.82 Å². The van der Waals surface area contributed by atoms with Crippen LogP contribution in [0.2, 0.25) is 0 Å². The Bertz CT molecular complexity index is 263. The molecule has 1 rings (SSSR count). The summed E-state index contributed by atoms with van der Waals surface area (Å²) in [5, 5.41) is 0. The zero-order valence-corrected chi connectivity index (χ0v) is 7.01. The quantitative estimate of drug-likeness (QED) is 0.700. The van der Waals surface area contributed by atoms with Gasteiger partial charge in [-0.2, -0.15) is 0 Å². The number of aryl methyl sites for hydroxylation is 1. The molecule has 3 heteroatoms. The Morgan fingerprint density at radius 2 is 2.00 bits per heavy atom. The molecule has 0 atom stereocenters. The highest BCUT2D eigenvalue weighted by molar-refractivity contribution is 5.24. The first-order chi connectivity index (χ1) is 5.76. The summed E-state index contributed by atoms with van der Waals surface area (Å²) < 4.78 is 12.8. The summed E-state index contributed by atoms with van der Waals surface area (Å²) >= 11 is 0. The van der Waals surface area contributed by atoms with Crippen LogP contribution in [0.5, 0.6) is 0 Å². The molecule has 0 amide bonds. The van der Waals surface area contributed by atoms with Crippen LogP contribution in [-0.4, -0.2) is 0 Å². The Labute approximate surface area is 71.1 Å². The van der Waals surface area contributed by atoms with Crippen LogP contribution in [0.4, 0.5) is 4.39 Å². The average Bonchev–Trinajstić information content (AvgIpc) is 2.04. The summed E-state index contributed by atoms with van der Waals surface area (Å²) in [4.78, 5) is 4.42. The lowest BCUT2D eigenvalue weighted by Gasteiger charge is -2.02. The van der Waals surface area contributed by atoms with Crippen LogP contribution in [0.3, 0.4) is 0 Å². The zero-order valence-electron chi connectivity index (χ0n) is 7.01. The van der Waals surface area contributed by atoms with Crippen LogP contribution in [0.15, 0.2) is 18.2 Å². The normalized spacial score (nSPS) is 10.2. The minimum atomic E-state index is -0.235. The number of hydrogen-bond donors (Lipinski definition) is 1. The number of nitrogens with two attached hydrogens (primary N) is 1. The third kappa shape index (κ3) is 2.29. The minimum absolute atomic E-state index is 0.235. The average molecular weight is 169 g/mol. The molecular formula is C9H12FNO. The van der Waals surface area contributed by atoms with Crippen LogP contribution >= 0.6 is 0 Å². The van der Waals surface area contributed by atoms with Gasteiger partial charge in [0.05, 0.1) is 6.61 Å². The highest BCUT2D eigenvalue weighted by Gasteiger charge is 1.98. The van der Waals surface area contributed by atoms with E-state index in [2.05, 4.69) is 4.84 Å². The second-order valence-corrected chi connectivity index (χ2v) is 2.63. The van der Waals surface area contributed by atoms with Gasteiger partial charge in [-0.1, -0.05) is 13.0 Å². The molecule has 0 unspecified atom stereocenters. The second kappa shape index (κ2) is 4.18. The maximum atomic E-state index is 12.8. The van der Waals surface area contributed by atoms with Crippen molar-refractivity contribution in [3.05, 3.63) is 35.1 Å². The number of benzene rings is 1. The van der Waals surface area contributed by atoms with E-state index in [1.54, 1.807) is 0 Å². The summed E-state index contributed by atoms with van der Waals surface area (Å²) in [5.41, 5.74) is 1.73. The van der Waals surface area contributed by atoms with Gasteiger partial charge in [-0.3, -0.25) is 4.84 Å². The van der Waals surface area contributed by atoms with Crippen molar-refractivity contribution in [2.75, 3.05) is 0 Å². The minimum Gasteiger partial charge on any atom is -0.300 e. The van der Waals surface area contributed by atoms with Crippen molar-refractivity contribution in [1.29, 1.82) is 0 Å². The van der Waals surface area contributed by atoms with E-state index < -0.39 is 0 Å². The molecule has 2 N–H and O–H groups in total. The molecule has 0 radical (unpaired) electrons. The summed E-state index contributed by atoms with van der Waals surface area (Å²) in [7, 11) is 0. The summed E-state index contributed by atoms with van der Waals surface area (Å²) in [6, 6.07) is 4.82. The molecule has 0 aliphatic heterocycles. The van der Waals surface area contributed by atoms with E-state index in [1.165, 1.54) is 12.1 Å². The van der Waals surface area contributed by atoms with E-state index in [0.717, 1.165) is 17.5 Å². The van der Waals surface area contributed by atoms with Gasteiger partial charge in [0, 0.05) is 0 Å². The Hall–Kier alpha value is -0.930. The molecule has 0 fully saturated rings. The molecule has 0 aliphatic rings. The maximum Gasteiger partial charge on any atom is 0.123 e. The van der Waals surface area contributed by atoms with E-state index in [4.69, 9.17) is 5.90 Å². The van der Waals surface area contributed by atoms with Gasteiger partial charge in [0.2, 0.25) is 0 Å². The fourth-order valence-corrected chi connectivity index (χ4v) is 1.10. The first kappa shape index (κ1) is 9.16. The molecule has 0 spiro atoms. The van der Waals surface area contributed by atoms with Crippen LogP contribution in [-0.2, 0) is 17.9 Å². The third-order valence-electron chi connectivity index (χ3n) is 1.68. The molecule has 1 aromatic rings. The highest BCUT2D eigenvalue weighted by Crippen LogP contribution is 2.10. The van der Waals surface area contributed by atoms with Gasteiger partial charge in [0.1, 0.15) is 5.82 Å². The molecule has 0 saturated carbocycles. The number of rotatable bonds is 3. The van der Waals surface area contributed by atoms with Crippen LogP contribution in [0.25, 0.3) is 0 Å². The van der Waals surface area contributed by atoms with Crippen LogP contribution in [0.1, 0.15) is 18.1 Å². The van der Waals surface area contributed by atoms with Crippen molar-refractivity contribution in [1.82, 2.24) is 0 Å². The van der Waals surface area contributed by atoms with Gasteiger partial charge in [-0.05, 0) is 29.7 Å². The summed E-state index contributed by atoms with van der Waals surface area (Å²) in [6.07, 6.45) is 0.815. The largest absolute Gasteiger partial charge is 0.300 e. The van der Waals surface area contributed by atoms with Crippen molar-refractivity contribution >= 4 is 0 Å². The SMILES string of the molecule is CCc1cc(F)cc(CON)c1. The monoisotopic (exact) mass is 169 g/mol. The maximum absolute atomic E-state index is 12.8. The van der Waals surface area contributed by atoms with Gasteiger partial charge in [0.25, 0.3) is 0 Å². The topological polar surface area (TPSA) is 35.2 Å². The van der Waals surface area contributed by atoms with Crippen molar-refractivity contribution in [3.8, 4) is 0 Å². The Kier molecular flexibility index (Phi) is 3.19. The van der Waals surface area contributed by atoms with Crippen molar-refractivity contribution in [2.45, 2.75) is 20.0 Å². The second-order valence-electron chi connectivity index (χ2n) is 2.63. The van der Waals surface area contributed by atoms with Gasteiger partial charge >= 0.3 is 0 Å². The summed E-state index contributed by atoms with van der Waals surface area (Å²) in [6.45, 7) is 2.23. The molecular weight excluding hydrogens is 157 g/mol. The fourth-order valence-electron chi connectivity index (χ4n) is 1.10. The molecule has 0 heterocycles. The molecule has 0 saturated heterocycles. The Morgan fingerprint density at radius 3 is 2.58 bits per heavy atom. The predicted molar refractivity (Wildman–Crippen MR) is 44.8 cm³/mol. The molecule has 0 aromatic heterocycles. The molecule has 0 aliphatic carbocycles. The first-order valence-corrected chi connectivity index (χ1v) is 3.86. The Balaban J connectivity index is 2.90. The molecule has 2 nitrogen and oxygen atoms in total. The number of halogens is 1. The molecule has 12 heavy (non-hydrogen) atoms. The summed E-state index contributed by atoms with van der Waals surface area (Å²) in [5.74, 6) is 4.64. The van der Waals surface area contributed by atoms with Crippen molar-refractivity contribution in [2.24, 2.45) is 5.90 Å².